The van der Waals surface area contributed by atoms with E-state index in [2.05, 4.69) is 26.2 Å². The molecule has 24 heavy (non-hydrogen) atoms. The van der Waals surface area contributed by atoms with E-state index in [1.54, 1.807) is 18.3 Å². The third-order valence-corrected chi connectivity index (χ3v) is 4.31. The summed E-state index contributed by atoms with van der Waals surface area (Å²) in [5.74, 6) is 0.502. The van der Waals surface area contributed by atoms with Crippen molar-refractivity contribution in [2.75, 3.05) is 17.3 Å². The van der Waals surface area contributed by atoms with Crippen molar-refractivity contribution in [2.24, 2.45) is 0 Å². The summed E-state index contributed by atoms with van der Waals surface area (Å²) < 4.78 is 0.754. The van der Waals surface area contributed by atoms with Gasteiger partial charge in [-0.05, 0) is 52.3 Å². The predicted octanol–water partition coefficient (Wildman–Crippen LogP) is 4.86. The molecule has 3 rings (SSSR count). The molecule has 0 aliphatic rings. The number of benzene rings is 2. The minimum absolute atomic E-state index is 0.182. The fraction of sp³-hybridized carbons (Fsp3) is 0.0526. The summed E-state index contributed by atoms with van der Waals surface area (Å²) in [7, 11) is 1.92. The number of rotatable bonds is 4. The molecule has 0 aliphatic carbocycles. The Balaban J connectivity index is 1.90. The van der Waals surface area contributed by atoms with Crippen molar-refractivity contribution in [3.05, 3.63) is 83.0 Å². The molecular weight excluding hydrogens is 366 g/mol. The summed E-state index contributed by atoms with van der Waals surface area (Å²) in [4.78, 5) is 18.9. The van der Waals surface area contributed by atoms with Gasteiger partial charge in [-0.25, -0.2) is 4.98 Å². The number of halogens is 1. The van der Waals surface area contributed by atoms with Crippen LogP contribution in [0.5, 0.6) is 0 Å². The lowest BCUT2D eigenvalue weighted by Crippen LogP contribution is -2.18. The van der Waals surface area contributed by atoms with Crippen molar-refractivity contribution in [1.82, 2.24) is 4.98 Å². The van der Waals surface area contributed by atoms with Gasteiger partial charge in [0.1, 0.15) is 0 Å². The number of hydrogen-bond acceptors (Lipinski definition) is 3. The highest BCUT2D eigenvalue weighted by Gasteiger charge is 2.15. The second kappa shape index (κ2) is 7.27. The van der Waals surface area contributed by atoms with Gasteiger partial charge in [-0.2, -0.15) is 0 Å². The van der Waals surface area contributed by atoms with Crippen LogP contribution in [0.2, 0.25) is 0 Å². The number of carbonyl (C=O) groups excluding carboxylic acids is 1. The van der Waals surface area contributed by atoms with E-state index in [1.807, 2.05) is 66.5 Å². The average Bonchev–Trinajstić information content (AvgIpc) is 2.62. The van der Waals surface area contributed by atoms with Gasteiger partial charge in [-0.1, -0.05) is 30.3 Å². The first kappa shape index (κ1) is 16.2. The van der Waals surface area contributed by atoms with Crippen molar-refractivity contribution in [1.29, 1.82) is 0 Å². The van der Waals surface area contributed by atoms with Crippen LogP contribution in [0.4, 0.5) is 17.2 Å². The lowest BCUT2D eigenvalue weighted by Gasteiger charge is -2.21. The summed E-state index contributed by atoms with van der Waals surface area (Å²) >= 11 is 3.41. The molecule has 0 atom stereocenters. The maximum Gasteiger partial charge on any atom is 0.256 e. The fourth-order valence-electron chi connectivity index (χ4n) is 2.37. The normalized spacial score (nSPS) is 10.2. The van der Waals surface area contributed by atoms with Crippen LogP contribution in [-0.4, -0.2) is 17.9 Å². The van der Waals surface area contributed by atoms with E-state index < -0.39 is 0 Å². The number of nitrogens with zero attached hydrogens (tertiary/aromatic N) is 2. The van der Waals surface area contributed by atoms with Crippen LogP contribution in [0.15, 0.2) is 77.4 Å². The first-order valence-corrected chi connectivity index (χ1v) is 8.26. The van der Waals surface area contributed by atoms with Crippen molar-refractivity contribution in [3.63, 3.8) is 0 Å². The zero-order valence-corrected chi connectivity index (χ0v) is 14.7. The zero-order chi connectivity index (χ0) is 16.9. The molecule has 1 heterocycles. The number of anilines is 3. The van der Waals surface area contributed by atoms with E-state index in [0.29, 0.717) is 17.1 Å². The molecule has 0 radical (unpaired) electrons. The van der Waals surface area contributed by atoms with Gasteiger partial charge in [0, 0.05) is 23.4 Å². The summed E-state index contributed by atoms with van der Waals surface area (Å²) in [6, 6.07) is 20.9. The molecule has 0 unspecified atom stereocenters. The summed E-state index contributed by atoms with van der Waals surface area (Å²) in [5, 5.41) is 2.95. The number of nitrogens with one attached hydrogen (secondary N) is 1. The number of amides is 1. The SMILES string of the molecule is CN(c1ccccc1)c1ncccc1NC(=O)c1ccccc1Br. The van der Waals surface area contributed by atoms with Crippen LogP contribution >= 0.6 is 15.9 Å². The standard InChI is InChI=1S/C19H16BrN3O/c1-23(14-8-3-2-4-9-14)18-17(12-7-13-21-18)22-19(24)15-10-5-6-11-16(15)20/h2-13H,1H3,(H,22,24). The highest BCUT2D eigenvalue weighted by molar-refractivity contribution is 9.10. The molecule has 0 aliphatic heterocycles. The number of aromatic nitrogens is 1. The van der Waals surface area contributed by atoms with Gasteiger partial charge in [0.2, 0.25) is 0 Å². The van der Waals surface area contributed by atoms with E-state index in [0.717, 1.165) is 10.2 Å². The first-order valence-electron chi connectivity index (χ1n) is 7.46. The smallest absolute Gasteiger partial charge is 0.256 e. The molecule has 4 nitrogen and oxygen atoms in total. The lowest BCUT2D eigenvalue weighted by atomic mass is 10.2. The predicted molar refractivity (Wildman–Crippen MR) is 101 cm³/mol. The topological polar surface area (TPSA) is 45.2 Å². The number of carbonyl (C=O) groups is 1. The highest BCUT2D eigenvalue weighted by Crippen LogP contribution is 2.29. The Morgan fingerprint density at radius 1 is 1.00 bits per heavy atom. The molecule has 3 aromatic rings. The largest absolute Gasteiger partial charge is 0.328 e. The molecular formula is C19H16BrN3O. The minimum Gasteiger partial charge on any atom is -0.328 e. The van der Waals surface area contributed by atoms with Gasteiger partial charge in [0.25, 0.3) is 5.91 Å². The molecule has 5 heteroatoms. The van der Waals surface area contributed by atoms with E-state index in [4.69, 9.17) is 0 Å². The van der Waals surface area contributed by atoms with Crippen LogP contribution in [0.3, 0.4) is 0 Å². The third-order valence-electron chi connectivity index (χ3n) is 3.61. The monoisotopic (exact) mass is 381 g/mol. The Labute approximate surface area is 149 Å². The van der Waals surface area contributed by atoms with Gasteiger partial charge in [-0.3, -0.25) is 4.79 Å². The summed E-state index contributed by atoms with van der Waals surface area (Å²) in [6.07, 6.45) is 1.71. The van der Waals surface area contributed by atoms with E-state index in [9.17, 15) is 4.79 Å². The van der Waals surface area contributed by atoms with Crippen molar-refractivity contribution < 1.29 is 4.79 Å². The van der Waals surface area contributed by atoms with Crippen LogP contribution in [0, 0.1) is 0 Å². The van der Waals surface area contributed by atoms with Gasteiger partial charge >= 0.3 is 0 Å². The number of pyridine rings is 1. The quantitative estimate of drug-likeness (QED) is 0.701. The van der Waals surface area contributed by atoms with Crippen molar-refractivity contribution in [3.8, 4) is 0 Å². The Bertz CT molecular complexity index is 852. The van der Waals surface area contributed by atoms with Crippen molar-refractivity contribution in [2.45, 2.75) is 0 Å². The molecule has 0 saturated heterocycles. The van der Waals surface area contributed by atoms with Crippen molar-refractivity contribution >= 4 is 39.0 Å². The molecule has 1 aromatic heterocycles. The molecule has 120 valence electrons. The minimum atomic E-state index is -0.182. The molecule has 0 spiro atoms. The summed E-state index contributed by atoms with van der Waals surface area (Å²) in [5.41, 5.74) is 2.23. The van der Waals surface area contributed by atoms with Gasteiger partial charge in [-0.15, -0.1) is 0 Å². The van der Waals surface area contributed by atoms with Crippen LogP contribution in [-0.2, 0) is 0 Å². The molecule has 0 bridgehead atoms. The van der Waals surface area contributed by atoms with Crippen LogP contribution < -0.4 is 10.2 Å². The molecule has 0 fully saturated rings. The summed E-state index contributed by atoms with van der Waals surface area (Å²) in [6.45, 7) is 0. The van der Waals surface area contributed by atoms with Gasteiger partial charge in [0.15, 0.2) is 5.82 Å². The van der Waals surface area contributed by atoms with Gasteiger partial charge in [0.05, 0.1) is 11.3 Å². The van der Waals surface area contributed by atoms with Gasteiger partial charge < -0.3 is 10.2 Å². The molecule has 1 N–H and O–H groups in total. The maximum absolute atomic E-state index is 12.6. The first-order chi connectivity index (χ1) is 11.7. The second-order valence-corrected chi connectivity index (χ2v) is 6.06. The molecule has 1 amide bonds. The Morgan fingerprint density at radius 3 is 2.46 bits per heavy atom. The lowest BCUT2D eigenvalue weighted by molar-refractivity contribution is 0.102. The average molecular weight is 382 g/mol. The van der Waals surface area contributed by atoms with E-state index in [-0.39, 0.29) is 5.91 Å². The number of para-hydroxylation sites is 1. The van der Waals surface area contributed by atoms with Crippen LogP contribution in [0.25, 0.3) is 0 Å². The fourth-order valence-corrected chi connectivity index (χ4v) is 2.84. The third kappa shape index (κ3) is 3.46. The second-order valence-electron chi connectivity index (χ2n) is 5.20. The van der Waals surface area contributed by atoms with E-state index in [1.165, 1.54) is 0 Å². The molecule has 0 saturated carbocycles. The highest BCUT2D eigenvalue weighted by atomic mass is 79.9. The molecule has 2 aromatic carbocycles. The van der Waals surface area contributed by atoms with Crippen LogP contribution in [0.1, 0.15) is 10.4 Å². The number of hydrogen-bond donors (Lipinski definition) is 1. The Kier molecular flexibility index (Phi) is 4.91. The van der Waals surface area contributed by atoms with E-state index >= 15 is 0 Å². The zero-order valence-electron chi connectivity index (χ0n) is 13.1. The maximum atomic E-state index is 12.6. The Hall–Kier alpha value is -2.66. The Morgan fingerprint density at radius 2 is 1.71 bits per heavy atom.